The highest BCUT2D eigenvalue weighted by Crippen LogP contribution is 2.30. The second kappa shape index (κ2) is 8.69. The van der Waals surface area contributed by atoms with Gasteiger partial charge in [0.15, 0.2) is 0 Å². The molecule has 6 nitrogen and oxygen atoms in total. The molecular weight excluding hydrogens is 352 g/mol. The molecule has 2 aromatic rings. The predicted octanol–water partition coefficient (Wildman–Crippen LogP) is 2.52. The van der Waals surface area contributed by atoms with E-state index in [2.05, 4.69) is 10.2 Å². The Labute approximate surface area is 159 Å². The molecule has 2 aromatic carbocycles. The predicted molar refractivity (Wildman–Crippen MR) is 106 cm³/mol. The maximum absolute atomic E-state index is 12.6. The van der Waals surface area contributed by atoms with Gasteiger partial charge in [0.25, 0.3) is 5.91 Å². The molecule has 0 bridgehead atoms. The normalized spacial score (nSPS) is 13.2. The molecule has 3 rings (SSSR count). The number of anilines is 2. The molecule has 138 valence electrons. The standard InChI is InChI=1S/C19H22N4O2.ClH/c20-12-13-3-5-14(6-4-13)19(25)22-16-11-15(18(21)24)7-8-17(16)23-9-1-2-10-23;/h3-8,11H,1-2,9-10,12,20H2,(H2,21,24)(H,22,25);1H. The lowest BCUT2D eigenvalue weighted by Crippen LogP contribution is -2.22. The van der Waals surface area contributed by atoms with Crippen LogP contribution in [0.3, 0.4) is 0 Å². The van der Waals surface area contributed by atoms with E-state index in [4.69, 9.17) is 11.5 Å². The van der Waals surface area contributed by atoms with E-state index in [1.807, 2.05) is 18.2 Å². The fraction of sp³-hybridized carbons (Fsp3) is 0.263. The summed E-state index contributed by atoms with van der Waals surface area (Å²) >= 11 is 0. The lowest BCUT2D eigenvalue weighted by atomic mass is 10.1. The number of hydrogen-bond acceptors (Lipinski definition) is 4. The zero-order valence-corrected chi connectivity index (χ0v) is 15.2. The van der Waals surface area contributed by atoms with E-state index in [-0.39, 0.29) is 18.3 Å². The van der Waals surface area contributed by atoms with Crippen LogP contribution < -0.4 is 21.7 Å². The van der Waals surface area contributed by atoms with Crippen molar-refractivity contribution in [2.45, 2.75) is 19.4 Å². The van der Waals surface area contributed by atoms with Gasteiger partial charge in [-0.3, -0.25) is 9.59 Å². The number of carbonyl (C=O) groups excluding carboxylic acids is 2. The van der Waals surface area contributed by atoms with Crippen LogP contribution in [0.25, 0.3) is 0 Å². The molecule has 0 atom stereocenters. The van der Waals surface area contributed by atoms with E-state index < -0.39 is 5.91 Å². The third-order valence-corrected chi connectivity index (χ3v) is 4.43. The molecule has 0 spiro atoms. The molecule has 5 N–H and O–H groups in total. The Morgan fingerprint density at radius 1 is 1.00 bits per heavy atom. The van der Waals surface area contributed by atoms with Gasteiger partial charge in [0, 0.05) is 30.8 Å². The Morgan fingerprint density at radius 2 is 1.62 bits per heavy atom. The number of primary amides is 1. The summed E-state index contributed by atoms with van der Waals surface area (Å²) in [5.74, 6) is -0.749. The Bertz CT molecular complexity index is 787. The van der Waals surface area contributed by atoms with E-state index in [1.54, 1.807) is 24.3 Å². The summed E-state index contributed by atoms with van der Waals surface area (Å²) in [7, 11) is 0. The number of nitrogens with two attached hydrogens (primary N) is 2. The number of halogens is 1. The summed E-state index contributed by atoms with van der Waals surface area (Å²) in [6.07, 6.45) is 2.23. The summed E-state index contributed by atoms with van der Waals surface area (Å²) < 4.78 is 0. The fourth-order valence-corrected chi connectivity index (χ4v) is 3.01. The molecular formula is C19H23ClN4O2. The first-order valence-corrected chi connectivity index (χ1v) is 8.37. The van der Waals surface area contributed by atoms with Crippen LogP contribution in [0.1, 0.15) is 39.1 Å². The molecule has 1 aliphatic rings. The first kappa shape index (κ1) is 19.8. The third-order valence-electron chi connectivity index (χ3n) is 4.43. The molecule has 2 amide bonds. The Balaban J connectivity index is 0.00000243. The van der Waals surface area contributed by atoms with Gasteiger partial charge in [-0.1, -0.05) is 12.1 Å². The van der Waals surface area contributed by atoms with Gasteiger partial charge in [0.2, 0.25) is 5.91 Å². The molecule has 0 saturated carbocycles. The van der Waals surface area contributed by atoms with Crippen molar-refractivity contribution in [1.29, 1.82) is 0 Å². The molecule has 1 heterocycles. The average Bonchev–Trinajstić information content (AvgIpc) is 3.16. The monoisotopic (exact) mass is 374 g/mol. The van der Waals surface area contributed by atoms with E-state index in [0.29, 0.717) is 23.4 Å². The van der Waals surface area contributed by atoms with E-state index >= 15 is 0 Å². The third kappa shape index (κ3) is 4.33. The van der Waals surface area contributed by atoms with Crippen molar-refractivity contribution in [3.63, 3.8) is 0 Å². The van der Waals surface area contributed by atoms with Gasteiger partial charge in [0.05, 0.1) is 11.4 Å². The Morgan fingerprint density at radius 3 is 2.19 bits per heavy atom. The number of amides is 2. The van der Waals surface area contributed by atoms with Crippen molar-refractivity contribution in [2.24, 2.45) is 11.5 Å². The van der Waals surface area contributed by atoms with E-state index in [1.165, 1.54) is 0 Å². The first-order valence-electron chi connectivity index (χ1n) is 8.37. The van der Waals surface area contributed by atoms with Crippen LogP contribution in [0.15, 0.2) is 42.5 Å². The highest BCUT2D eigenvalue weighted by atomic mass is 35.5. The van der Waals surface area contributed by atoms with Gasteiger partial charge in [0.1, 0.15) is 0 Å². The summed E-state index contributed by atoms with van der Waals surface area (Å²) in [4.78, 5) is 26.3. The second-order valence-corrected chi connectivity index (χ2v) is 6.15. The van der Waals surface area contributed by atoms with Crippen LogP contribution in [0.4, 0.5) is 11.4 Å². The minimum Gasteiger partial charge on any atom is -0.370 e. The number of rotatable bonds is 5. The van der Waals surface area contributed by atoms with Gasteiger partial charge < -0.3 is 21.7 Å². The smallest absolute Gasteiger partial charge is 0.255 e. The zero-order valence-electron chi connectivity index (χ0n) is 14.4. The molecule has 7 heteroatoms. The van der Waals surface area contributed by atoms with Crippen molar-refractivity contribution < 1.29 is 9.59 Å². The van der Waals surface area contributed by atoms with E-state index in [0.717, 1.165) is 37.2 Å². The number of carbonyl (C=O) groups is 2. The quantitative estimate of drug-likeness (QED) is 0.748. The second-order valence-electron chi connectivity index (χ2n) is 6.15. The fourth-order valence-electron chi connectivity index (χ4n) is 3.01. The van der Waals surface area contributed by atoms with Crippen LogP contribution in [-0.4, -0.2) is 24.9 Å². The molecule has 1 saturated heterocycles. The molecule has 0 unspecified atom stereocenters. The number of benzene rings is 2. The van der Waals surface area contributed by atoms with Gasteiger partial charge in [-0.05, 0) is 48.7 Å². The maximum Gasteiger partial charge on any atom is 0.255 e. The van der Waals surface area contributed by atoms with Crippen LogP contribution in [0.5, 0.6) is 0 Å². The Kier molecular flexibility index (Phi) is 6.60. The van der Waals surface area contributed by atoms with Crippen molar-refractivity contribution in [2.75, 3.05) is 23.3 Å². The number of nitrogens with one attached hydrogen (secondary N) is 1. The molecule has 26 heavy (non-hydrogen) atoms. The van der Waals surface area contributed by atoms with Crippen molar-refractivity contribution >= 4 is 35.6 Å². The van der Waals surface area contributed by atoms with Crippen LogP contribution in [0.2, 0.25) is 0 Å². The lowest BCUT2D eigenvalue weighted by molar-refractivity contribution is 0.0996. The van der Waals surface area contributed by atoms with Gasteiger partial charge in [-0.15, -0.1) is 12.4 Å². The van der Waals surface area contributed by atoms with Gasteiger partial charge in [-0.25, -0.2) is 0 Å². The summed E-state index contributed by atoms with van der Waals surface area (Å²) in [5.41, 5.74) is 14.4. The summed E-state index contributed by atoms with van der Waals surface area (Å²) in [5, 5.41) is 2.92. The van der Waals surface area contributed by atoms with Gasteiger partial charge >= 0.3 is 0 Å². The maximum atomic E-state index is 12.6. The van der Waals surface area contributed by atoms with Crippen LogP contribution in [-0.2, 0) is 6.54 Å². The minimum atomic E-state index is -0.518. The van der Waals surface area contributed by atoms with Crippen LogP contribution >= 0.6 is 12.4 Å². The lowest BCUT2D eigenvalue weighted by Gasteiger charge is -2.22. The largest absolute Gasteiger partial charge is 0.370 e. The molecule has 0 aliphatic carbocycles. The minimum absolute atomic E-state index is 0. The summed E-state index contributed by atoms with van der Waals surface area (Å²) in [6, 6.07) is 12.3. The Hall–Kier alpha value is -2.57. The van der Waals surface area contributed by atoms with E-state index in [9.17, 15) is 9.59 Å². The van der Waals surface area contributed by atoms with Crippen molar-refractivity contribution in [3.8, 4) is 0 Å². The molecule has 1 fully saturated rings. The van der Waals surface area contributed by atoms with Crippen molar-refractivity contribution in [3.05, 3.63) is 59.2 Å². The first-order chi connectivity index (χ1) is 12.1. The van der Waals surface area contributed by atoms with Crippen LogP contribution in [0, 0.1) is 0 Å². The SMILES string of the molecule is Cl.NCc1ccc(C(=O)Nc2cc(C(N)=O)ccc2N2CCCC2)cc1. The molecule has 0 aromatic heterocycles. The molecule has 0 radical (unpaired) electrons. The van der Waals surface area contributed by atoms with Gasteiger partial charge in [-0.2, -0.15) is 0 Å². The number of hydrogen-bond donors (Lipinski definition) is 3. The highest BCUT2D eigenvalue weighted by Gasteiger charge is 2.18. The topological polar surface area (TPSA) is 101 Å². The highest BCUT2D eigenvalue weighted by molar-refractivity contribution is 6.07. The zero-order chi connectivity index (χ0) is 17.8. The number of nitrogens with zero attached hydrogens (tertiary/aromatic N) is 1. The molecule has 1 aliphatic heterocycles. The average molecular weight is 375 g/mol. The summed E-state index contributed by atoms with van der Waals surface area (Å²) in [6.45, 7) is 2.30. The van der Waals surface area contributed by atoms with Crippen molar-refractivity contribution in [1.82, 2.24) is 0 Å².